The summed E-state index contributed by atoms with van der Waals surface area (Å²) in [5, 5.41) is 14.5. The van der Waals surface area contributed by atoms with Crippen molar-refractivity contribution in [2.75, 3.05) is 6.54 Å². The van der Waals surface area contributed by atoms with Crippen LogP contribution in [0, 0.1) is 17.2 Å². The number of carbonyl (C=O) groups excluding carboxylic acids is 1. The van der Waals surface area contributed by atoms with Crippen LogP contribution in [0.4, 0.5) is 0 Å². The zero-order valence-corrected chi connectivity index (χ0v) is 10.5. The van der Waals surface area contributed by atoms with E-state index in [0.29, 0.717) is 12.5 Å². The smallest absolute Gasteiger partial charge is 0.263 e. The van der Waals surface area contributed by atoms with Gasteiger partial charge in [-0.3, -0.25) is 4.79 Å². The molecule has 0 saturated heterocycles. The van der Waals surface area contributed by atoms with Crippen molar-refractivity contribution in [1.29, 1.82) is 5.26 Å². The summed E-state index contributed by atoms with van der Waals surface area (Å²) in [5.74, 6) is 0.0680. The summed E-state index contributed by atoms with van der Waals surface area (Å²) in [6.45, 7) is 8.63. The number of hydrogen-bond acceptors (Lipinski definition) is 3. The number of rotatable bonds is 6. The lowest BCUT2D eigenvalue weighted by molar-refractivity contribution is -0.117. The van der Waals surface area contributed by atoms with Gasteiger partial charge in [0.05, 0.1) is 0 Å². The zero-order chi connectivity index (χ0) is 12.6. The average molecular weight is 223 g/mol. The molecule has 0 spiro atoms. The number of amides is 1. The van der Waals surface area contributed by atoms with Gasteiger partial charge in [0.2, 0.25) is 0 Å². The van der Waals surface area contributed by atoms with Crippen LogP contribution < -0.4 is 10.6 Å². The van der Waals surface area contributed by atoms with Crippen molar-refractivity contribution in [3.05, 3.63) is 11.8 Å². The van der Waals surface area contributed by atoms with E-state index in [9.17, 15) is 4.79 Å². The highest BCUT2D eigenvalue weighted by molar-refractivity contribution is 5.97. The Hall–Kier alpha value is -1.50. The van der Waals surface area contributed by atoms with Crippen molar-refractivity contribution in [1.82, 2.24) is 10.6 Å². The van der Waals surface area contributed by atoms with Crippen LogP contribution in [-0.2, 0) is 4.79 Å². The molecule has 0 fully saturated rings. The van der Waals surface area contributed by atoms with Gasteiger partial charge in [-0.15, -0.1) is 0 Å². The van der Waals surface area contributed by atoms with Crippen molar-refractivity contribution in [2.24, 2.45) is 5.92 Å². The fourth-order valence-corrected chi connectivity index (χ4v) is 0.884. The number of nitriles is 1. The standard InChI is InChI=1S/C12H21N3O/c1-5-10(4)14-8-11(6-13)12(16)15-7-9(2)3/h8-10,14H,5,7H2,1-4H3,(H,15,16)/b11-8-. The van der Waals surface area contributed by atoms with Gasteiger partial charge in [0.25, 0.3) is 5.91 Å². The molecule has 1 amide bonds. The predicted octanol–water partition coefficient (Wildman–Crippen LogP) is 1.55. The van der Waals surface area contributed by atoms with Crippen LogP contribution in [0.15, 0.2) is 11.8 Å². The molecule has 0 bridgehead atoms. The van der Waals surface area contributed by atoms with E-state index in [1.807, 2.05) is 33.8 Å². The first-order valence-electron chi connectivity index (χ1n) is 5.65. The SMILES string of the molecule is CCC(C)N/C=C(/C#N)C(=O)NCC(C)C. The molecule has 90 valence electrons. The summed E-state index contributed by atoms with van der Waals surface area (Å²) >= 11 is 0. The van der Waals surface area contributed by atoms with Crippen LogP contribution >= 0.6 is 0 Å². The van der Waals surface area contributed by atoms with Crippen LogP contribution in [0.2, 0.25) is 0 Å². The third-order valence-electron chi connectivity index (χ3n) is 2.16. The molecule has 2 N–H and O–H groups in total. The van der Waals surface area contributed by atoms with Crippen LogP contribution in [0.3, 0.4) is 0 Å². The minimum absolute atomic E-state index is 0.126. The van der Waals surface area contributed by atoms with E-state index in [0.717, 1.165) is 6.42 Å². The molecule has 16 heavy (non-hydrogen) atoms. The summed E-state index contributed by atoms with van der Waals surface area (Å²) in [5.41, 5.74) is 0.126. The summed E-state index contributed by atoms with van der Waals surface area (Å²) in [6.07, 6.45) is 2.44. The number of nitrogens with zero attached hydrogens (tertiary/aromatic N) is 1. The Bertz CT molecular complexity index is 289. The van der Waals surface area contributed by atoms with Gasteiger partial charge in [0, 0.05) is 18.8 Å². The van der Waals surface area contributed by atoms with Crippen molar-refractivity contribution in [3.63, 3.8) is 0 Å². The largest absolute Gasteiger partial charge is 0.387 e. The Morgan fingerprint density at radius 1 is 1.44 bits per heavy atom. The molecule has 0 radical (unpaired) electrons. The highest BCUT2D eigenvalue weighted by Crippen LogP contribution is 1.95. The molecular formula is C12H21N3O. The first-order valence-corrected chi connectivity index (χ1v) is 5.65. The first-order chi connectivity index (χ1) is 7.51. The summed E-state index contributed by atoms with van der Waals surface area (Å²) < 4.78 is 0. The number of carbonyl (C=O) groups is 1. The van der Waals surface area contributed by atoms with Gasteiger partial charge in [-0.1, -0.05) is 20.8 Å². The third kappa shape index (κ3) is 6.07. The fraction of sp³-hybridized carbons (Fsp3) is 0.667. The van der Waals surface area contributed by atoms with Gasteiger partial charge in [-0.05, 0) is 19.3 Å². The molecular weight excluding hydrogens is 202 g/mol. The van der Waals surface area contributed by atoms with Crippen LogP contribution in [0.5, 0.6) is 0 Å². The van der Waals surface area contributed by atoms with E-state index in [1.165, 1.54) is 6.20 Å². The summed E-state index contributed by atoms with van der Waals surface area (Å²) in [7, 11) is 0. The molecule has 0 aliphatic rings. The minimum atomic E-state index is -0.313. The molecule has 0 heterocycles. The zero-order valence-electron chi connectivity index (χ0n) is 10.5. The lowest BCUT2D eigenvalue weighted by Crippen LogP contribution is -2.30. The molecule has 0 aromatic carbocycles. The molecule has 0 rings (SSSR count). The quantitative estimate of drug-likeness (QED) is 0.530. The average Bonchev–Trinajstić information content (AvgIpc) is 2.26. The van der Waals surface area contributed by atoms with Crippen LogP contribution in [0.1, 0.15) is 34.1 Å². The Labute approximate surface area is 97.7 Å². The number of hydrogen-bond donors (Lipinski definition) is 2. The maximum absolute atomic E-state index is 11.5. The topological polar surface area (TPSA) is 64.9 Å². The monoisotopic (exact) mass is 223 g/mol. The molecule has 1 atom stereocenters. The fourth-order valence-electron chi connectivity index (χ4n) is 0.884. The second-order valence-electron chi connectivity index (χ2n) is 4.25. The summed E-state index contributed by atoms with van der Waals surface area (Å²) in [4.78, 5) is 11.5. The highest BCUT2D eigenvalue weighted by atomic mass is 16.1. The second kappa shape index (κ2) is 7.75. The third-order valence-corrected chi connectivity index (χ3v) is 2.16. The Balaban J connectivity index is 4.27. The normalized spacial score (nSPS) is 13.1. The molecule has 4 heteroatoms. The maximum Gasteiger partial charge on any atom is 0.263 e. The van der Waals surface area contributed by atoms with Crippen LogP contribution in [-0.4, -0.2) is 18.5 Å². The molecule has 0 aromatic rings. The van der Waals surface area contributed by atoms with Crippen molar-refractivity contribution in [3.8, 4) is 6.07 Å². The lowest BCUT2D eigenvalue weighted by Gasteiger charge is -2.10. The predicted molar refractivity (Wildman–Crippen MR) is 64.4 cm³/mol. The Morgan fingerprint density at radius 2 is 2.06 bits per heavy atom. The molecule has 1 unspecified atom stereocenters. The van der Waals surface area contributed by atoms with Gasteiger partial charge >= 0.3 is 0 Å². The van der Waals surface area contributed by atoms with Gasteiger partial charge in [0.15, 0.2) is 0 Å². The van der Waals surface area contributed by atoms with Crippen molar-refractivity contribution < 1.29 is 4.79 Å². The summed E-state index contributed by atoms with van der Waals surface area (Å²) in [6, 6.07) is 2.16. The molecule has 0 saturated carbocycles. The van der Waals surface area contributed by atoms with Crippen molar-refractivity contribution in [2.45, 2.75) is 40.2 Å². The highest BCUT2D eigenvalue weighted by Gasteiger charge is 2.08. The Kier molecular flexibility index (Phi) is 7.02. The van der Waals surface area contributed by atoms with Crippen molar-refractivity contribution >= 4 is 5.91 Å². The molecule has 4 nitrogen and oxygen atoms in total. The number of nitrogens with one attached hydrogen (secondary N) is 2. The molecule has 0 aliphatic heterocycles. The Morgan fingerprint density at radius 3 is 2.50 bits per heavy atom. The van der Waals surface area contributed by atoms with E-state index in [4.69, 9.17) is 5.26 Å². The van der Waals surface area contributed by atoms with E-state index < -0.39 is 0 Å². The van der Waals surface area contributed by atoms with Gasteiger partial charge in [-0.2, -0.15) is 5.26 Å². The van der Waals surface area contributed by atoms with E-state index in [2.05, 4.69) is 10.6 Å². The second-order valence-corrected chi connectivity index (χ2v) is 4.25. The van der Waals surface area contributed by atoms with E-state index in [1.54, 1.807) is 0 Å². The molecule has 0 aliphatic carbocycles. The van der Waals surface area contributed by atoms with Gasteiger partial charge in [0.1, 0.15) is 11.6 Å². The van der Waals surface area contributed by atoms with Gasteiger partial charge in [-0.25, -0.2) is 0 Å². The molecule has 0 aromatic heterocycles. The first kappa shape index (κ1) is 14.5. The minimum Gasteiger partial charge on any atom is -0.387 e. The van der Waals surface area contributed by atoms with Crippen LogP contribution in [0.25, 0.3) is 0 Å². The van der Waals surface area contributed by atoms with E-state index >= 15 is 0 Å². The lowest BCUT2D eigenvalue weighted by atomic mass is 10.2. The van der Waals surface area contributed by atoms with Gasteiger partial charge < -0.3 is 10.6 Å². The van der Waals surface area contributed by atoms with E-state index in [-0.39, 0.29) is 17.5 Å². The maximum atomic E-state index is 11.5.